The van der Waals surface area contributed by atoms with E-state index < -0.39 is 10.0 Å². The lowest BCUT2D eigenvalue weighted by Crippen LogP contribution is -2.33. The van der Waals surface area contributed by atoms with Gasteiger partial charge in [0, 0.05) is 13.0 Å². The van der Waals surface area contributed by atoms with Crippen LogP contribution in [0.5, 0.6) is 0 Å². The highest BCUT2D eigenvalue weighted by atomic mass is 32.2. The van der Waals surface area contributed by atoms with Gasteiger partial charge in [-0.1, -0.05) is 42.8 Å². The number of carbonyl (C=O) groups excluding carboxylic acids is 1. The maximum atomic E-state index is 12.5. The molecule has 6 heteroatoms. The van der Waals surface area contributed by atoms with Gasteiger partial charge in [0.05, 0.1) is 18.0 Å². The van der Waals surface area contributed by atoms with E-state index in [4.69, 9.17) is 0 Å². The Morgan fingerprint density at radius 3 is 2.34 bits per heavy atom. The molecule has 2 aromatic rings. The third-order valence-electron chi connectivity index (χ3n) is 5.00. The lowest BCUT2D eigenvalue weighted by atomic mass is 9.97. The molecule has 0 bridgehead atoms. The van der Waals surface area contributed by atoms with E-state index in [1.807, 2.05) is 32.0 Å². The summed E-state index contributed by atoms with van der Waals surface area (Å²) in [5.74, 6) is -0.0606. The van der Waals surface area contributed by atoms with Gasteiger partial charge in [0.25, 0.3) is 0 Å². The fourth-order valence-electron chi connectivity index (χ4n) is 3.54. The van der Waals surface area contributed by atoms with Crippen molar-refractivity contribution in [3.05, 3.63) is 64.7 Å². The Hall–Kier alpha value is -2.34. The third kappa shape index (κ3) is 6.60. The van der Waals surface area contributed by atoms with Gasteiger partial charge >= 0.3 is 0 Å². The molecule has 1 amide bonds. The molecule has 5 nitrogen and oxygen atoms in total. The zero-order valence-electron chi connectivity index (χ0n) is 18.0. The minimum Gasteiger partial charge on any atom is -0.349 e. The second-order valence-electron chi connectivity index (χ2n) is 7.67. The largest absolute Gasteiger partial charge is 0.349 e. The van der Waals surface area contributed by atoms with Crippen LogP contribution < -0.4 is 9.62 Å². The Morgan fingerprint density at radius 1 is 1.07 bits per heavy atom. The number of sulfonamides is 1. The number of hydrogen-bond acceptors (Lipinski definition) is 3. The number of nitrogens with one attached hydrogen (secondary N) is 1. The highest BCUT2D eigenvalue weighted by Crippen LogP contribution is 2.22. The molecule has 0 heterocycles. The van der Waals surface area contributed by atoms with Gasteiger partial charge in [-0.25, -0.2) is 8.42 Å². The highest BCUT2D eigenvalue weighted by molar-refractivity contribution is 7.92. The predicted molar refractivity (Wildman–Crippen MR) is 120 cm³/mol. The van der Waals surface area contributed by atoms with Crippen molar-refractivity contribution in [2.45, 2.75) is 53.0 Å². The molecule has 0 saturated heterocycles. The molecule has 0 aliphatic carbocycles. The van der Waals surface area contributed by atoms with Crippen molar-refractivity contribution < 1.29 is 13.2 Å². The number of carbonyl (C=O) groups is 1. The SMILES string of the molecule is CC[C@@H](NC(=O)CCCN(c1cccc(C)c1)S(C)(=O)=O)c1ccc(C)cc1C. The highest BCUT2D eigenvalue weighted by Gasteiger charge is 2.19. The molecule has 0 radical (unpaired) electrons. The fourth-order valence-corrected chi connectivity index (χ4v) is 4.49. The molecule has 1 N–H and O–H groups in total. The van der Waals surface area contributed by atoms with Gasteiger partial charge in [0.15, 0.2) is 0 Å². The van der Waals surface area contributed by atoms with Gasteiger partial charge < -0.3 is 5.32 Å². The van der Waals surface area contributed by atoms with E-state index in [1.165, 1.54) is 21.7 Å². The molecule has 0 aliphatic rings. The first-order valence-electron chi connectivity index (χ1n) is 10.0. The molecule has 158 valence electrons. The first kappa shape index (κ1) is 22.9. The summed E-state index contributed by atoms with van der Waals surface area (Å²) in [6, 6.07) is 13.6. The zero-order chi connectivity index (χ0) is 21.6. The Labute approximate surface area is 175 Å². The molecular weight excluding hydrogens is 384 g/mol. The molecule has 0 spiro atoms. The third-order valence-corrected chi connectivity index (χ3v) is 6.19. The predicted octanol–water partition coefficient (Wildman–Crippen LogP) is 4.43. The average Bonchev–Trinajstić information content (AvgIpc) is 2.62. The standard InChI is InChI=1S/C23H32N2O3S/c1-6-22(21-13-12-18(3)15-19(21)4)24-23(26)11-8-14-25(29(5,27)28)20-10-7-9-17(2)16-20/h7,9-10,12-13,15-16,22H,6,8,11,14H2,1-5H3,(H,24,26)/t22-/m1/s1. The number of rotatable bonds is 9. The summed E-state index contributed by atoms with van der Waals surface area (Å²) < 4.78 is 25.8. The second kappa shape index (κ2) is 9.92. The van der Waals surface area contributed by atoms with Crippen molar-refractivity contribution in [1.29, 1.82) is 0 Å². The van der Waals surface area contributed by atoms with E-state index in [1.54, 1.807) is 6.07 Å². The number of aryl methyl sites for hydroxylation is 3. The maximum Gasteiger partial charge on any atom is 0.232 e. The van der Waals surface area contributed by atoms with Crippen LogP contribution in [-0.2, 0) is 14.8 Å². The molecule has 29 heavy (non-hydrogen) atoms. The van der Waals surface area contributed by atoms with Gasteiger partial charge in [-0.2, -0.15) is 0 Å². The summed E-state index contributed by atoms with van der Waals surface area (Å²) >= 11 is 0. The van der Waals surface area contributed by atoms with Crippen LogP contribution in [0.2, 0.25) is 0 Å². The molecule has 2 rings (SSSR count). The average molecular weight is 417 g/mol. The van der Waals surface area contributed by atoms with Crippen LogP contribution in [0.3, 0.4) is 0 Å². The Kier molecular flexibility index (Phi) is 7.85. The number of nitrogens with zero attached hydrogens (tertiary/aromatic N) is 1. The summed E-state index contributed by atoms with van der Waals surface area (Å²) in [7, 11) is -3.41. The summed E-state index contributed by atoms with van der Waals surface area (Å²) in [6.45, 7) is 8.36. The first-order chi connectivity index (χ1) is 13.6. The van der Waals surface area contributed by atoms with Crippen LogP contribution in [0.25, 0.3) is 0 Å². The Morgan fingerprint density at radius 2 is 1.76 bits per heavy atom. The first-order valence-corrected chi connectivity index (χ1v) is 11.9. The van der Waals surface area contributed by atoms with Gasteiger partial charge in [-0.3, -0.25) is 9.10 Å². The Balaban J connectivity index is 1.99. The van der Waals surface area contributed by atoms with Crippen LogP contribution in [0.15, 0.2) is 42.5 Å². The summed E-state index contributed by atoms with van der Waals surface area (Å²) in [6.07, 6.45) is 2.73. The molecule has 2 aromatic carbocycles. The zero-order valence-corrected chi connectivity index (χ0v) is 18.8. The van der Waals surface area contributed by atoms with Crippen LogP contribution in [0.1, 0.15) is 54.5 Å². The summed E-state index contributed by atoms with van der Waals surface area (Å²) in [5.41, 5.74) is 5.12. The Bertz CT molecular complexity index is 954. The molecular formula is C23H32N2O3S. The minimum absolute atomic E-state index is 0.0362. The monoisotopic (exact) mass is 416 g/mol. The lowest BCUT2D eigenvalue weighted by Gasteiger charge is -2.23. The van der Waals surface area contributed by atoms with Crippen LogP contribution in [0, 0.1) is 20.8 Å². The fraction of sp³-hybridized carbons (Fsp3) is 0.435. The normalized spacial score (nSPS) is 12.4. The molecule has 0 aliphatic heterocycles. The summed E-state index contributed by atoms with van der Waals surface area (Å²) in [5, 5.41) is 3.10. The van der Waals surface area contributed by atoms with E-state index in [2.05, 4.69) is 37.4 Å². The molecule has 0 fully saturated rings. The topological polar surface area (TPSA) is 66.5 Å². The van der Waals surface area contributed by atoms with E-state index in [9.17, 15) is 13.2 Å². The minimum atomic E-state index is -3.41. The molecule has 0 unspecified atom stereocenters. The molecule has 1 atom stereocenters. The summed E-state index contributed by atoms with van der Waals surface area (Å²) in [4.78, 5) is 12.5. The van der Waals surface area contributed by atoms with Gasteiger partial charge in [-0.15, -0.1) is 0 Å². The van der Waals surface area contributed by atoms with Crippen LogP contribution >= 0.6 is 0 Å². The molecule has 0 saturated carbocycles. The van der Waals surface area contributed by atoms with Gasteiger partial charge in [-0.05, 0) is 62.4 Å². The van der Waals surface area contributed by atoms with E-state index in [-0.39, 0.29) is 24.9 Å². The lowest BCUT2D eigenvalue weighted by molar-refractivity contribution is -0.121. The van der Waals surface area contributed by atoms with Crippen molar-refractivity contribution >= 4 is 21.6 Å². The number of hydrogen-bond donors (Lipinski definition) is 1. The van der Waals surface area contributed by atoms with Gasteiger partial charge in [0.2, 0.25) is 15.9 Å². The van der Waals surface area contributed by atoms with Crippen LogP contribution in [0.4, 0.5) is 5.69 Å². The van der Waals surface area contributed by atoms with Gasteiger partial charge in [0.1, 0.15) is 0 Å². The number of amides is 1. The number of anilines is 1. The second-order valence-corrected chi connectivity index (χ2v) is 9.57. The van der Waals surface area contributed by atoms with E-state index >= 15 is 0 Å². The van der Waals surface area contributed by atoms with Crippen molar-refractivity contribution in [2.75, 3.05) is 17.1 Å². The smallest absolute Gasteiger partial charge is 0.232 e. The van der Waals surface area contributed by atoms with E-state index in [0.717, 1.165) is 17.5 Å². The van der Waals surface area contributed by atoms with E-state index in [0.29, 0.717) is 12.1 Å². The van der Waals surface area contributed by atoms with Crippen LogP contribution in [-0.4, -0.2) is 27.1 Å². The maximum absolute atomic E-state index is 12.5. The number of benzene rings is 2. The van der Waals surface area contributed by atoms with Crippen molar-refractivity contribution in [3.8, 4) is 0 Å². The van der Waals surface area contributed by atoms with Crippen molar-refractivity contribution in [1.82, 2.24) is 5.32 Å². The van der Waals surface area contributed by atoms with Crippen molar-refractivity contribution in [2.24, 2.45) is 0 Å². The quantitative estimate of drug-likeness (QED) is 0.658. The van der Waals surface area contributed by atoms with Crippen molar-refractivity contribution in [3.63, 3.8) is 0 Å². The molecule has 0 aromatic heterocycles.